The maximum Gasteiger partial charge on any atom is 0.255 e. The van der Waals surface area contributed by atoms with Crippen LogP contribution in [-0.2, 0) is 17.8 Å². The Morgan fingerprint density at radius 3 is 2.18 bits per heavy atom. The number of benzene rings is 4. The second kappa shape index (κ2) is 10.3. The van der Waals surface area contributed by atoms with E-state index in [0.717, 1.165) is 16.7 Å². The zero-order chi connectivity index (χ0) is 23.2. The lowest BCUT2D eigenvalue weighted by atomic mass is 10.1. The molecular formula is C27H23N2O3S-. The highest BCUT2D eigenvalue weighted by Crippen LogP contribution is 2.25. The van der Waals surface area contributed by atoms with E-state index in [-0.39, 0.29) is 12.5 Å². The van der Waals surface area contributed by atoms with Crippen LogP contribution in [-0.4, -0.2) is 14.7 Å². The quantitative estimate of drug-likeness (QED) is 0.363. The molecule has 1 amide bonds. The SMILES string of the molecule is Cc1ccc(NC(=O)c2cccc(CN(c3ccc(-c4ccccc4)cc3)S(=O)[O-])c2)cc1. The molecule has 0 saturated carbocycles. The lowest BCUT2D eigenvalue weighted by molar-refractivity contribution is 0.102. The summed E-state index contributed by atoms with van der Waals surface area (Å²) in [6.07, 6.45) is 0. The first kappa shape index (κ1) is 22.5. The van der Waals surface area contributed by atoms with E-state index in [1.54, 1.807) is 36.4 Å². The molecule has 0 radical (unpaired) electrons. The molecule has 0 bridgehead atoms. The van der Waals surface area contributed by atoms with Gasteiger partial charge in [0.15, 0.2) is 0 Å². The van der Waals surface area contributed by atoms with E-state index in [1.807, 2.05) is 73.7 Å². The molecule has 0 fully saturated rings. The third kappa shape index (κ3) is 5.74. The van der Waals surface area contributed by atoms with E-state index >= 15 is 0 Å². The van der Waals surface area contributed by atoms with Crippen LogP contribution in [0.2, 0.25) is 0 Å². The van der Waals surface area contributed by atoms with Crippen LogP contribution >= 0.6 is 0 Å². The number of carbonyl (C=O) groups excluding carboxylic acids is 1. The van der Waals surface area contributed by atoms with Crippen molar-refractivity contribution in [3.63, 3.8) is 0 Å². The van der Waals surface area contributed by atoms with Gasteiger partial charge in [-0.25, -0.2) is 0 Å². The fraction of sp³-hybridized carbons (Fsp3) is 0.0741. The molecule has 1 unspecified atom stereocenters. The van der Waals surface area contributed by atoms with Crippen molar-refractivity contribution in [2.45, 2.75) is 13.5 Å². The number of hydrogen-bond donors (Lipinski definition) is 1. The summed E-state index contributed by atoms with van der Waals surface area (Å²) in [4.78, 5) is 12.7. The molecule has 0 aliphatic rings. The van der Waals surface area contributed by atoms with Gasteiger partial charge >= 0.3 is 0 Å². The molecule has 4 rings (SSSR count). The highest BCUT2D eigenvalue weighted by atomic mass is 32.2. The summed E-state index contributed by atoms with van der Waals surface area (Å²) in [6, 6.07) is 31.8. The summed E-state index contributed by atoms with van der Waals surface area (Å²) in [5.41, 5.74) is 5.61. The zero-order valence-corrected chi connectivity index (χ0v) is 18.9. The summed E-state index contributed by atoms with van der Waals surface area (Å²) < 4.78 is 25.3. The summed E-state index contributed by atoms with van der Waals surface area (Å²) in [6.45, 7) is 2.10. The van der Waals surface area contributed by atoms with E-state index in [4.69, 9.17) is 0 Å². The van der Waals surface area contributed by atoms with Crippen LogP contribution in [0.1, 0.15) is 21.5 Å². The van der Waals surface area contributed by atoms with Crippen molar-refractivity contribution >= 4 is 28.5 Å². The number of aryl methyl sites for hydroxylation is 1. The van der Waals surface area contributed by atoms with Crippen LogP contribution in [0.4, 0.5) is 11.4 Å². The van der Waals surface area contributed by atoms with Gasteiger partial charge in [0.05, 0.1) is 6.54 Å². The van der Waals surface area contributed by atoms with Crippen molar-refractivity contribution < 1.29 is 13.6 Å². The minimum Gasteiger partial charge on any atom is -0.755 e. The minimum atomic E-state index is -2.47. The number of nitrogens with one attached hydrogen (secondary N) is 1. The first-order valence-corrected chi connectivity index (χ1v) is 11.5. The normalized spacial score (nSPS) is 11.6. The second-order valence-electron chi connectivity index (χ2n) is 7.69. The lowest BCUT2D eigenvalue weighted by Gasteiger charge is -2.27. The third-order valence-electron chi connectivity index (χ3n) is 5.27. The van der Waals surface area contributed by atoms with E-state index in [0.29, 0.717) is 22.5 Å². The number of amides is 1. The van der Waals surface area contributed by atoms with Gasteiger partial charge < -0.3 is 9.87 Å². The Bertz CT molecular complexity index is 1260. The molecule has 4 aromatic rings. The Balaban J connectivity index is 1.51. The lowest BCUT2D eigenvalue weighted by Crippen LogP contribution is -2.25. The second-order valence-corrected chi connectivity index (χ2v) is 8.56. The van der Waals surface area contributed by atoms with Gasteiger partial charge in [-0.1, -0.05) is 72.3 Å². The predicted molar refractivity (Wildman–Crippen MR) is 133 cm³/mol. The number of hydrogen-bond acceptors (Lipinski definition) is 3. The first-order chi connectivity index (χ1) is 16.0. The summed E-state index contributed by atoms with van der Waals surface area (Å²) in [7, 11) is 0. The maximum absolute atomic E-state index is 12.7. The van der Waals surface area contributed by atoms with Crippen molar-refractivity contribution in [1.29, 1.82) is 0 Å². The molecule has 166 valence electrons. The molecule has 1 atom stereocenters. The molecule has 0 aliphatic carbocycles. The van der Waals surface area contributed by atoms with Crippen LogP contribution in [0.3, 0.4) is 0 Å². The summed E-state index contributed by atoms with van der Waals surface area (Å²) in [5.74, 6) is -0.247. The van der Waals surface area contributed by atoms with Gasteiger partial charge in [0, 0.05) is 28.2 Å². The Hall–Kier alpha value is -3.74. The van der Waals surface area contributed by atoms with Gasteiger partial charge in [0.25, 0.3) is 5.91 Å². The van der Waals surface area contributed by atoms with Crippen molar-refractivity contribution in [2.24, 2.45) is 0 Å². The summed E-state index contributed by atoms with van der Waals surface area (Å²) in [5, 5.41) is 2.87. The number of rotatable bonds is 7. The topological polar surface area (TPSA) is 72.5 Å². The van der Waals surface area contributed by atoms with E-state index in [1.165, 1.54) is 4.31 Å². The van der Waals surface area contributed by atoms with Crippen molar-refractivity contribution in [1.82, 2.24) is 0 Å². The summed E-state index contributed by atoms with van der Waals surface area (Å²) >= 11 is -2.47. The zero-order valence-electron chi connectivity index (χ0n) is 18.1. The predicted octanol–water partition coefficient (Wildman–Crippen LogP) is 5.72. The van der Waals surface area contributed by atoms with Gasteiger partial charge in [-0.2, -0.15) is 0 Å². The molecule has 0 aromatic heterocycles. The smallest absolute Gasteiger partial charge is 0.255 e. The van der Waals surface area contributed by atoms with E-state index < -0.39 is 11.3 Å². The average molecular weight is 456 g/mol. The Kier molecular flexibility index (Phi) is 6.98. The molecule has 0 heterocycles. The molecular weight excluding hydrogens is 432 g/mol. The number of nitrogens with zero attached hydrogens (tertiary/aromatic N) is 1. The third-order valence-corrected chi connectivity index (χ3v) is 5.97. The van der Waals surface area contributed by atoms with Crippen LogP contribution < -0.4 is 9.62 Å². The van der Waals surface area contributed by atoms with Gasteiger partial charge in [0.1, 0.15) is 0 Å². The van der Waals surface area contributed by atoms with Crippen LogP contribution in [0.25, 0.3) is 11.1 Å². The Morgan fingerprint density at radius 2 is 1.52 bits per heavy atom. The van der Waals surface area contributed by atoms with Crippen LogP contribution in [0.15, 0.2) is 103 Å². The monoisotopic (exact) mass is 455 g/mol. The highest BCUT2D eigenvalue weighted by Gasteiger charge is 2.12. The Morgan fingerprint density at radius 1 is 0.848 bits per heavy atom. The molecule has 0 aliphatic heterocycles. The highest BCUT2D eigenvalue weighted by molar-refractivity contribution is 7.80. The van der Waals surface area contributed by atoms with Gasteiger partial charge in [-0.05, 0) is 60.0 Å². The Labute approximate surface area is 196 Å². The van der Waals surface area contributed by atoms with Crippen LogP contribution in [0.5, 0.6) is 0 Å². The largest absolute Gasteiger partial charge is 0.755 e. The maximum atomic E-state index is 12.7. The minimum absolute atomic E-state index is 0.118. The van der Waals surface area contributed by atoms with Crippen LogP contribution in [0, 0.1) is 6.92 Å². The first-order valence-electron chi connectivity index (χ1n) is 10.5. The van der Waals surface area contributed by atoms with Crippen molar-refractivity contribution in [3.05, 3.63) is 120 Å². The fourth-order valence-electron chi connectivity index (χ4n) is 3.50. The molecule has 1 N–H and O–H groups in total. The molecule has 33 heavy (non-hydrogen) atoms. The molecule has 0 spiro atoms. The van der Waals surface area contributed by atoms with E-state index in [9.17, 15) is 13.6 Å². The molecule has 6 heteroatoms. The number of anilines is 2. The van der Waals surface area contributed by atoms with Gasteiger partial charge in [-0.3, -0.25) is 13.3 Å². The molecule has 4 aromatic carbocycles. The molecule has 0 saturated heterocycles. The fourth-order valence-corrected chi connectivity index (χ4v) is 4.05. The molecule has 5 nitrogen and oxygen atoms in total. The van der Waals surface area contributed by atoms with E-state index in [2.05, 4.69) is 5.32 Å². The standard InChI is InChI=1S/C27H24N2O3S/c1-20-10-14-25(15-11-20)28-27(30)24-9-5-6-21(18-24)19-29(33(31)32)26-16-12-23(13-17-26)22-7-3-2-4-8-22/h2-18H,19H2,1H3,(H,28,30)(H,31,32)/p-1. The van der Waals surface area contributed by atoms with Crippen molar-refractivity contribution in [3.8, 4) is 11.1 Å². The number of carbonyl (C=O) groups is 1. The van der Waals surface area contributed by atoms with Gasteiger partial charge in [0.2, 0.25) is 0 Å². The van der Waals surface area contributed by atoms with Gasteiger partial charge in [-0.15, -0.1) is 0 Å². The van der Waals surface area contributed by atoms with Crippen molar-refractivity contribution in [2.75, 3.05) is 9.62 Å². The average Bonchev–Trinajstić information content (AvgIpc) is 2.84.